The third kappa shape index (κ3) is 4.94. The van der Waals surface area contributed by atoms with Gasteiger partial charge in [0.1, 0.15) is 12.3 Å². The normalized spacial score (nSPS) is 10.4. The Hall–Kier alpha value is -4.14. The molecular formula is C23H23N3O6. The highest BCUT2D eigenvalue weighted by molar-refractivity contribution is 6.01. The van der Waals surface area contributed by atoms with Crippen molar-refractivity contribution in [3.8, 4) is 11.4 Å². The molecule has 0 bridgehead atoms. The van der Waals surface area contributed by atoms with E-state index >= 15 is 0 Å². The lowest BCUT2D eigenvalue weighted by Crippen LogP contribution is -2.41. The van der Waals surface area contributed by atoms with Gasteiger partial charge in [-0.05, 0) is 38.1 Å². The van der Waals surface area contributed by atoms with Gasteiger partial charge in [0.2, 0.25) is 5.91 Å². The summed E-state index contributed by atoms with van der Waals surface area (Å²) in [5.74, 6) is -0.686. The summed E-state index contributed by atoms with van der Waals surface area (Å²) in [5.41, 5.74) is -0.815. The number of para-hydroxylation sites is 3. The highest BCUT2D eigenvalue weighted by atomic mass is 16.5. The third-order valence-corrected chi connectivity index (χ3v) is 4.49. The largest absolute Gasteiger partial charge is 0.492 e. The summed E-state index contributed by atoms with van der Waals surface area (Å²) >= 11 is 0. The molecule has 0 aliphatic carbocycles. The average molecular weight is 437 g/mol. The Morgan fingerprint density at radius 1 is 0.906 bits per heavy atom. The van der Waals surface area contributed by atoms with Gasteiger partial charge >= 0.3 is 17.1 Å². The van der Waals surface area contributed by atoms with Gasteiger partial charge in [-0.3, -0.25) is 23.5 Å². The maximum atomic E-state index is 12.7. The molecule has 2 aromatic carbocycles. The van der Waals surface area contributed by atoms with Crippen LogP contribution in [0.5, 0.6) is 5.75 Å². The van der Waals surface area contributed by atoms with E-state index in [1.807, 2.05) is 6.92 Å². The van der Waals surface area contributed by atoms with Crippen LogP contribution < -0.4 is 21.2 Å². The Morgan fingerprint density at radius 2 is 1.62 bits per heavy atom. The van der Waals surface area contributed by atoms with Crippen LogP contribution in [0.25, 0.3) is 5.69 Å². The zero-order chi connectivity index (χ0) is 23.1. The molecule has 0 unspecified atom stereocenters. The molecule has 0 radical (unpaired) electrons. The second-order valence-electron chi connectivity index (χ2n) is 6.62. The molecule has 1 N–H and O–H groups in total. The number of hydrogen-bond acceptors (Lipinski definition) is 6. The fourth-order valence-corrected chi connectivity index (χ4v) is 3.08. The van der Waals surface area contributed by atoms with Gasteiger partial charge in [-0.25, -0.2) is 4.79 Å². The third-order valence-electron chi connectivity index (χ3n) is 4.49. The number of benzene rings is 2. The molecule has 9 nitrogen and oxygen atoms in total. The van der Waals surface area contributed by atoms with E-state index in [0.717, 1.165) is 4.57 Å². The van der Waals surface area contributed by atoms with E-state index in [4.69, 9.17) is 9.47 Å². The van der Waals surface area contributed by atoms with Gasteiger partial charge in [-0.1, -0.05) is 24.3 Å². The molecule has 0 spiro atoms. The number of nitrogens with zero attached hydrogens (tertiary/aromatic N) is 2. The van der Waals surface area contributed by atoms with Crippen LogP contribution in [0.15, 0.2) is 70.5 Å². The lowest BCUT2D eigenvalue weighted by molar-refractivity contribution is -0.116. The van der Waals surface area contributed by atoms with Crippen molar-refractivity contribution in [3.05, 3.63) is 87.2 Å². The van der Waals surface area contributed by atoms with E-state index in [0.29, 0.717) is 18.0 Å². The predicted molar refractivity (Wildman–Crippen MR) is 118 cm³/mol. The monoisotopic (exact) mass is 437 g/mol. The van der Waals surface area contributed by atoms with Crippen LogP contribution in [-0.2, 0) is 16.1 Å². The summed E-state index contributed by atoms with van der Waals surface area (Å²) < 4.78 is 12.7. The number of carbonyl (C=O) groups is 2. The molecule has 1 heterocycles. The minimum absolute atomic E-state index is 0.193. The number of carbonyl (C=O) groups excluding carboxylic acids is 2. The predicted octanol–water partition coefficient (Wildman–Crippen LogP) is 2.21. The Kier molecular flexibility index (Phi) is 7.22. The summed E-state index contributed by atoms with van der Waals surface area (Å²) in [6.45, 7) is 3.69. The van der Waals surface area contributed by atoms with E-state index in [1.165, 1.54) is 23.0 Å². The van der Waals surface area contributed by atoms with Gasteiger partial charge in [0.05, 0.1) is 30.2 Å². The van der Waals surface area contributed by atoms with Gasteiger partial charge in [0, 0.05) is 12.4 Å². The fraction of sp³-hybridized carbons (Fsp3) is 0.217. The number of ether oxygens (including phenoxy) is 2. The molecule has 3 aromatic rings. The molecule has 0 atom stereocenters. The highest BCUT2D eigenvalue weighted by Gasteiger charge is 2.16. The Labute approximate surface area is 183 Å². The molecular weight excluding hydrogens is 414 g/mol. The van der Waals surface area contributed by atoms with Crippen molar-refractivity contribution in [1.29, 1.82) is 0 Å². The van der Waals surface area contributed by atoms with Crippen LogP contribution in [0.4, 0.5) is 5.69 Å². The number of rotatable bonds is 8. The van der Waals surface area contributed by atoms with Crippen molar-refractivity contribution in [2.75, 3.05) is 18.5 Å². The number of amides is 1. The first-order valence-corrected chi connectivity index (χ1v) is 10.1. The smallest absolute Gasteiger partial charge is 0.340 e. The van der Waals surface area contributed by atoms with Gasteiger partial charge in [0.25, 0.3) is 0 Å². The number of hydrogen-bond donors (Lipinski definition) is 1. The van der Waals surface area contributed by atoms with Crippen molar-refractivity contribution in [3.63, 3.8) is 0 Å². The van der Waals surface area contributed by atoms with Crippen LogP contribution in [0.2, 0.25) is 0 Å². The zero-order valence-corrected chi connectivity index (χ0v) is 17.7. The Balaban J connectivity index is 1.84. The second-order valence-corrected chi connectivity index (χ2v) is 6.62. The summed E-state index contributed by atoms with van der Waals surface area (Å²) in [4.78, 5) is 49.9. The van der Waals surface area contributed by atoms with Crippen LogP contribution in [0.3, 0.4) is 0 Å². The van der Waals surface area contributed by atoms with Gasteiger partial charge in [-0.15, -0.1) is 0 Å². The summed E-state index contributed by atoms with van der Waals surface area (Å²) in [5, 5.41) is 2.59. The summed E-state index contributed by atoms with van der Waals surface area (Å²) in [6, 6.07) is 13.2. The van der Waals surface area contributed by atoms with E-state index in [-0.39, 0.29) is 17.9 Å². The number of aromatic nitrogens is 2. The number of esters is 1. The van der Waals surface area contributed by atoms with Gasteiger partial charge in [0.15, 0.2) is 0 Å². The molecule has 3 rings (SSSR count). The Morgan fingerprint density at radius 3 is 2.38 bits per heavy atom. The highest BCUT2D eigenvalue weighted by Crippen LogP contribution is 2.20. The summed E-state index contributed by atoms with van der Waals surface area (Å²) in [7, 11) is 0. The quantitative estimate of drug-likeness (QED) is 0.428. The number of anilines is 1. The first kappa shape index (κ1) is 22.5. The standard InChI is InChI=1S/C23H23N3O6/c1-3-31-19-12-8-7-11-18(19)26-14-13-25(21(28)22(26)29)15-20(27)24-17-10-6-5-9-16(17)23(30)32-4-2/h5-14H,3-4,15H2,1-2H3,(H,24,27). The molecule has 0 fully saturated rings. The average Bonchev–Trinajstić information content (AvgIpc) is 2.78. The molecule has 0 aliphatic rings. The summed E-state index contributed by atoms with van der Waals surface area (Å²) in [6.07, 6.45) is 2.75. The maximum Gasteiger partial charge on any atom is 0.340 e. The molecule has 1 aromatic heterocycles. The van der Waals surface area contributed by atoms with Gasteiger partial charge in [-0.2, -0.15) is 0 Å². The minimum atomic E-state index is -0.868. The van der Waals surface area contributed by atoms with E-state index in [9.17, 15) is 19.2 Å². The van der Waals surface area contributed by atoms with Crippen LogP contribution in [0, 0.1) is 0 Å². The fourth-order valence-electron chi connectivity index (χ4n) is 3.08. The molecule has 0 aliphatic heterocycles. The maximum absolute atomic E-state index is 12.7. The van der Waals surface area contributed by atoms with Gasteiger partial charge < -0.3 is 14.8 Å². The molecule has 9 heteroatoms. The molecule has 166 valence electrons. The van der Waals surface area contributed by atoms with E-state index in [1.54, 1.807) is 49.4 Å². The van der Waals surface area contributed by atoms with Crippen molar-refractivity contribution in [1.82, 2.24) is 9.13 Å². The molecule has 1 amide bonds. The van der Waals surface area contributed by atoms with Crippen molar-refractivity contribution >= 4 is 17.6 Å². The first-order valence-electron chi connectivity index (χ1n) is 10.1. The molecule has 32 heavy (non-hydrogen) atoms. The number of nitrogens with one attached hydrogen (secondary N) is 1. The van der Waals surface area contributed by atoms with E-state index < -0.39 is 29.5 Å². The van der Waals surface area contributed by atoms with Crippen LogP contribution in [-0.4, -0.2) is 34.2 Å². The zero-order valence-electron chi connectivity index (χ0n) is 17.7. The second kappa shape index (κ2) is 10.3. The molecule has 0 saturated carbocycles. The van der Waals surface area contributed by atoms with Crippen LogP contribution in [0.1, 0.15) is 24.2 Å². The van der Waals surface area contributed by atoms with Crippen molar-refractivity contribution in [2.24, 2.45) is 0 Å². The lowest BCUT2D eigenvalue weighted by atomic mass is 10.2. The SMILES string of the molecule is CCOC(=O)c1ccccc1NC(=O)Cn1ccn(-c2ccccc2OCC)c(=O)c1=O. The van der Waals surface area contributed by atoms with Crippen molar-refractivity contribution < 1.29 is 19.1 Å². The minimum Gasteiger partial charge on any atom is -0.492 e. The topological polar surface area (TPSA) is 109 Å². The van der Waals surface area contributed by atoms with Crippen molar-refractivity contribution in [2.45, 2.75) is 20.4 Å². The lowest BCUT2D eigenvalue weighted by Gasteiger charge is -2.13. The van der Waals surface area contributed by atoms with Crippen LogP contribution >= 0.6 is 0 Å². The Bertz CT molecular complexity index is 1240. The molecule has 0 saturated heterocycles. The van der Waals surface area contributed by atoms with E-state index in [2.05, 4.69) is 5.32 Å². The first-order chi connectivity index (χ1) is 15.5.